The molecule has 0 spiro atoms. The number of aryl methyl sites for hydroxylation is 1. The highest BCUT2D eigenvalue weighted by molar-refractivity contribution is 7.13. The van der Waals surface area contributed by atoms with E-state index in [0.717, 1.165) is 48.5 Å². The Bertz CT molecular complexity index is 595. The molecule has 1 saturated heterocycles. The molecule has 21 heavy (non-hydrogen) atoms. The monoisotopic (exact) mass is 306 g/mol. The number of thiazole rings is 1. The van der Waals surface area contributed by atoms with Crippen molar-refractivity contribution in [2.24, 2.45) is 7.05 Å². The molecule has 2 N–H and O–H groups in total. The highest BCUT2D eigenvalue weighted by Crippen LogP contribution is 2.31. The molecule has 114 valence electrons. The molecule has 0 amide bonds. The Kier molecular flexibility index (Phi) is 3.75. The van der Waals surface area contributed by atoms with E-state index in [1.807, 2.05) is 23.3 Å². The summed E-state index contributed by atoms with van der Waals surface area (Å²) >= 11 is 1.69. The molecule has 3 heterocycles. The number of aromatic nitrogens is 3. The molecule has 0 radical (unpaired) electrons. The lowest BCUT2D eigenvalue weighted by Gasteiger charge is -2.35. The highest BCUT2D eigenvalue weighted by atomic mass is 32.1. The lowest BCUT2D eigenvalue weighted by molar-refractivity contribution is 0.621. The van der Waals surface area contributed by atoms with Gasteiger partial charge < -0.3 is 15.5 Å². The molecule has 1 aliphatic heterocycles. The Morgan fingerprint density at radius 3 is 2.38 bits per heavy atom. The predicted octanol–water partition coefficient (Wildman–Crippen LogP) is 1.91. The van der Waals surface area contributed by atoms with Gasteiger partial charge in [0.15, 0.2) is 10.9 Å². The molecule has 2 aromatic rings. The van der Waals surface area contributed by atoms with Crippen LogP contribution in [0.3, 0.4) is 0 Å². The van der Waals surface area contributed by atoms with Crippen LogP contribution in [0.15, 0.2) is 11.6 Å². The second kappa shape index (κ2) is 5.55. The fraction of sp³-hybridized carbons (Fsp3) is 0.571. The number of hydrogen-bond acceptors (Lipinski definition) is 6. The van der Waals surface area contributed by atoms with Gasteiger partial charge in [-0.05, 0) is 5.92 Å². The van der Waals surface area contributed by atoms with Gasteiger partial charge >= 0.3 is 0 Å². The molecule has 2 aromatic heterocycles. The van der Waals surface area contributed by atoms with Crippen molar-refractivity contribution in [3.8, 4) is 0 Å². The van der Waals surface area contributed by atoms with Crippen LogP contribution in [-0.4, -0.2) is 40.9 Å². The Morgan fingerprint density at radius 1 is 1.19 bits per heavy atom. The van der Waals surface area contributed by atoms with Crippen LogP contribution in [0.5, 0.6) is 0 Å². The van der Waals surface area contributed by atoms with E-state index in [2.05, 4.69) is 33.7 Å². The van der Waals surface area contributed by atoms with Gasteiger partial charge in [-0.15, -0.1) is 11.3 Å². The number of nitrogen functional groups attached to an aromatic ring is 1. The number of rotatable bonds is 3. The normalized spacial score (nSPS) is 16.0. The van der Waals surface area contributed by atoms with E-state index < -0.39 is 0 Å². The van der Waals surface area contributed by atoms with Gasteiger partial charge in [0.05, 0.1) is 11.4 Å². The summed E-state index contributed by atoms with van der Waals surface area (Å²) in [4.78, 5) is 9.05. The number of nitrogens with zero attached hydrogens (tertiary/aromatic N) is 5. The summed E-state index contributed by atoms with van der Waals surface area (Å²) in [5.74, 6) is 1.40. The maximum atomic E-state index is 6.32. The third-order valence-corrected chi connectivity index (χ3v) is 4.73. The lowest BCUT2D eigenvalue weighted by Crippen LogP contribution is -2.47. The number of piperazine rings is 1. The molecule has 1 aliphatic rings. The van der Waals surface area contributed by atoms with Gasteiger partial charge in [-0.1, -0.05) is 13.8 Å². The fourth-order valence-corrected chi connectivity index (χ4v) is 3.53. The SMILES string of the molecule is CC(C)c1nn(C)c(N2CCN(c3nccs3)CC2)c1N. The summed E-state index contributed by atoms with van der Waals surface area (Å²) in [5, 5.41) is 7.71. The largest absolute Gasteiger partial charge is 0.394 e. The van der Waals surface area contributed by atoms with Crippen molar-refractivity contribution in [2.45, 2.75) is 19.8 Å². The van der Waals surface area contributed by atoms with Crippen molar-refractivity contribution in [2.75, 3.05) is 41.7 Å². The van der Waals surface area contributed by atoms with Crippen LogP contribution in [0.4, 0.5) is 16.6 Å². The van der Waals surface area contributed by atoms with Gasteiger partial charge in [-0.3, -0.25) is 4.68 Å². The van der Waals surface area contributed by atoms with E-state index in [4.69, 9.17) is 5.73 Å². The maximum absolute atomic E-state index is 6.32. The van der Waals surface area contributed by atoms with Gasteiger partial charge in [0.1, 0.15) is 0 Å². The minimum Gasteiger partial charge on any atom is -0.394 e. The van der Waals surface area contributed by atoms with Crippen molar-refractivity contribution in [1.82, 2.24) is 14.8 Å². The van der Waals surface area contributed by atoms with E-state index in [1.54, 1.807) is 11.3 Å². The molecule has 0 aromatic carbocycles. The molecule has 0 atom stereocenters. The molecular weight excluding hydrogens is 284 g/mol. The van der Waals surface area contributed by atoms with Crippen LogP contribution < -0.4 is 15.5 Å². The van der Waals surface area contributed by atoms with Crippen LogP contribution in [-0.2, 0) is 7.05 Å². The molecule has 0 bridgehead atoms. The summed E-state index contributed by atoms with van der Waals surface area (Å²) in [6.45, 7) is 8.08. The maximum Gasteiger partial charge on any atom is 0.185 e. The third kappa shape index (κ3) is 2.57. The van der Waals surface area contributed by atoms with Crippen LogP contribution >= 0.6 is 11.3 Å². The van der Waals surface area contributed by atoms with E-state index >= 15 is 0 Å². The minimum atomic E-state index is 0.349. The first-order chi connectivity index (χ1) is 10.1. The molecule has 6 nitrogen and oxygen atoms in total. The first-order valence-corrected chi connectivity index (χ1v) is 8.17. The van der Waals surface area contributed by atoms with Gasteiger partial charge in [0.2, 0.25) is 0 Å². The highest BCUT2D eigenvalue weighted by Gasteiger charge is 2.25. The van der Waals surface area contributed by atoms with Crippen molar-refractivity contribution >= 4 is 28.0 Å². The molecule has 0 unspecified atom stereocenters. The van der Waals surface area contributed by atoms with Crippen molar-refractivity contribution in [3.63, 3.8) is 0 Å². The number of nitrogens with two attached hydrogens (primary N) is 1. The zero-order chi connectivity index (χ0) is 15.0. The van der Waals surface area contributed by atoms with Gasteiger partial charge in [-0.2, -0.15) is 5.10 Å². The first-order valence-electron chi connectivity index (χ1n) is 7.29. The molecule has 7 heteroatoms. The van der Waals surface area contributed by atoms with Crippen LogP contribution in [0.1, 0.15) is 25.5 Å². The zero-order valence-electron chi connectivity index (χ0n) is 12.8. The van der Waals surface area contributed by atoms with Crippen molar-refractivity contribution < 1.29 is 0 Å². The second-order valence-electron chi connectivity index (χ2n) is 5.69. The average molecular weight is 306 g/mol. The Labute approximate surface area is 129 Å². The summed E-state index contributed by atoms with van der Waals surface area (Å²) in [5.41, 5.74) is 8.14. The molecular formula is C14H22N6S. The number of anilines is 3. The molecule has 3 rings (SSSR count). The Balaban J connectivity index is 1.75. The van der Waals surface area contributed by atoms with E-state index in [9.17, 15) is 0 Å². The quantitative estimate of drug-likeness (QED) is 0.938. The summed E-state index contributed by atoms with van der Waals surface area (Å²) in [7, 11) is 1.98. The average Bonchev–Trinajstić information content (AvgIpc) is 3.08. The van der Waals surface area contributed by atoms with Crippen LogP contribution in [0.25, 0.3) is 0 Å². The zero-order valence-corrected chi connectivity index (χ0v) is 13.6. The van der Waals surface area contributed by atoms with E-state index in [0.29, 0.717) is 5.92 Å². The van der Waals surface area contributed by atoms with E-state index in [1.165, 1.54) is 0 Å². The number of hydrogen-bond donors (Lipinski definition) is 1. The van der Waals surface area contributed by atoms with Crippen LogP contribution in [0, 0.1) is 0 Å². The predicted molar refractivity (Wildman–Crippen MR) is 88.2 cm³/mol. The summed E-state index contributed by atoms with van der Waals surface area (Å²) in [6, 6.07) is 0. The van der Waals surface area contributed by atoms with E-state index in [-0.39, 0.29) is 0 Å². The van der Waals surface area contributed by atoms with Gasteiger partial charge in [0, 0.05) is 44.8 Å². The van der Waals surface area contributed by atoms with Gasteiger partial charge in [0.25, 0.3) is 0 Å². The standard InChI is InChI=1S/C14H22N6S/c1-10(2)12-11(15)13(18(3)17-12)19-5-7-20(8-6-19)14-16-4-9-21-14/h4,9-10H,5-8,15H2,1-3H3. The molecule has 1 fully saturated rings. The van der Waals surface area contributed by atoms with Crippen LogP contribution in [0.2, 0.25) is 0 Å². The summed E-state index contributed by atoms with van der Waals surface area (Å²) < 4.78 is 1.92. The van der Waals surface area contributed by atoms with Gasteiger partial charge in [-0.25, -0.2) is 4.98 Å². The lowest BCUT2D eigenvalue weighted by atomic mass is 10.1. The molecule has 0 saturated carbocycles. The van der Waals surface area contributed by atoms with Crippen molar-refractivity contribution in [3.05, 3.63) is 17.3 Å². The second-order valence-corrected chi connectivity index (χ2v) is 6.56. The topological polar surface area (TPSA) is 63.2 Å². The smallest absolute Gasteiger partial charge is 0.185 e. The third-order valence-electron chi connectivity index (χ3n) is 3.90. The Hall–Kier alpha value is -1.76. The Morgan fingerprint density at radius 2 is 1.86 bits per heavy atom. The summed E-state index contributed by atoms with van der Waals surface area (Å²) in [6.07, 6.45) is 1.86. The van der Waals surface area contributed by atoms with Crippen molar-refractivity contribution in [1.29, 1.82) is 0 Å². The molecule has 0 aliphatic carbocycles. The first kappa shape index (κ1) is 14.2. The fourth-order valence-electron chi connectivity index (χ4n) is 2.83. The minimum absolute atomic E-state index is 0.349.